The number of aliphatic hydroxyl groups is 1. The van der Waals surface area contributed by atoms with Gasteiger partial charge in [-0.25, -0.2) is 0 Å². The highest BCUT2D eigenvalue weighted by atomic mass is 16.5. The molecule has 0 aromatic carbocycles. The van der Waals surface area contributed by atoms with Crippen LogP contribution >= 0.6 is 0 Å². The van der Waals surface area contributed by atoms with E-state index in [1.807, 2.05) is 13.8 Å². The van der Waals surface area contributed by atoms with Crippen LogP contribution in [0.1, 0.15) is 113 Å². The predicted molar refractivity (Wildman–Crippen MR) is 152 cm³/mol. The zero-order valence-corrected chi connectivity index (χ0v) is 25.5. The minimum Gasteiger partial charge on any atom is -0.469 e. The number of hydrogen-bond donors (Lipinski definition) is 1. The lowest BCUT2D eigenvalue weighted by Gasteiger charge is -2.66. The van der Waals surface area contributed by atoms with E-state index in [9.17, 15) is 14.7 Å². The van der Waals surface area contributed by atoms with Crippen LogP contribution in [0.3, 0.4) is 0 Å². The first kappa shape index (κ1) is 30.9. The van der Waals surface area contributed by atoms with Gasteiger partial charge in [0.1, 0.15) is 6.10 Å². The Morgan fingerprint density at radius 1 is 1.03 bits per heavy atom. The number of fused-ring (bicyclic) bond motifs is 3. The normalized spacial score (nSPS) is 38.8. The van der Waals surface area contributed by atoms with Crippen LogP contribution in [0.25, 0.3) is 0 Å². The fourth-order valence-corrected chi connectivity index (χ4v) is 9.70. The van der Waals surface area contributed by atoms with Crippen molar-refractivity contribution in [1.82, 2.24) is 0 Å². The Hall–Kier alpha value is -1.62. The van der Waals surface area contributed by atoms with E-state index in [1.54, 1.807) is 0 Å². The van der Waals surface area contributed by atoms with Gasteiger partial charge in [0.2, 0.25) is 0 Å². The Balaban J connectivity index is 1.86. The molecular weight excluding hydrogens is 476 g/mol. The van der Waals surface area contributed by atoms with E-state index in [2.05, 4.69) is 40.9 Å². The van der Waals surface area contributed by atoms with Crippen molar-refractivity contribution in [3.8, 4) is 0 Å². The predicted octanol–water partition coefficient (Wildman–Crippen LogP) is 7.42. The summed E-state index contributed by atoms with van der Waals surface area (Å²) < 4.78 is 10.5. The number of allylic oxidation sites excluding steroid dienone is 1. The van der Waals surface area contributed by atoms with Gasteiger partial charge in [0, 0.05) is 13.3 Å². The molecule has 3 aliphatic carbocycles. The molecule has 5 nitrogen and oxygen atoms in total. The molecule has 1 N–H and O–H groups in total. The molecule has 3 saturated carbocycles. The van der Waals surface area contributed by atoms with Gasteiger partial charge in [-0.2, -0.15) is 0 Å². The third-order valence-electron chi connectivity index (χ3n) is 11.9. The lowest BCUT2D eigenvalue weighted by molar-refractivity contribution is -0.179. The summed E-state index contributed by atoms with van der Waals surface area (Å²) in [5, 5.41) is 11.9. The molecule has 0 aliphatic heterocycles. The molecule has 0 aromatic rings. The Morgan fingerprint density at radius 3 is 2.21 bits per heavy atom. The molecule has 0 heterocycles. The number of methoxy groups -OCH3 is 1. The highest BCUT2D eigenvalue weighted by Gasteiger charge is 2.67. The van der Waals surface area contributed by atoms with E-state index in [4.69, 9.17) is 9.47 Å². The fourth-order valence-electron chi connectivity index (χ4n) is 9.70. The first-order valence-corrected chi connectivity index (χ1v) is 14.8. The summed E-state index contributed by atoms with van der Waals surface area (Å²) in [7, 11) is 1.48. The van der Waals surface area contributed by atoms with Crippen LogP contribution in [-0.4, -0.2) is 35.9 Å². The van der Waals surface area contributed by atoms with Gasteiger partial charge in [-0.05, 0) is 124 Å². The summed E-state index contributed by atoms with van der Waals surface area (Å²) >= 11 is 0. The number of hydrogen-bond acceptors (Lipinski definition) is 5. The van der Waals surface area contributed by atoms with Crippen LogP contribution in [0, 0.1) is 39.9 Å². The summed E-state index contributed by atoms with van der Waals surface area (Å²) in [4.78, 5) is 23.8. The van der Waals surface area contributed by atoms with Crippen molar-refractivity contribution in [2.24, 2.45) is 39.9 Å². The summed E-state index contributed by atoms with van der Waals surface area (Å²) in [6.07, 6.45) is 8.72. The molecule has 0 saturated heterocycles. The molecule has 38 heavy (non-hydrogen) atoms. The average Bonchev–Trinajstić information content (AvgIpc) is 3.19. The van der Waals surface area contributed by atoms with Gasteiger partial charge in [-0.3, -0.25) is 9.59 Å². The Labute approximate surface area is 231 Å². The third-order valence-corrected chi connectivity index (χ3v) is 11.9. The van der Waals surface area contributed by atoms with Crippen LogP contribution in [0.15, 0.2) is 24.3 Å². The molecule has 9 atom stereocenters. The van der Waals surface area contributed by atoms with Gasteiger partial charge < -0.3 is 14.6 Å². The van der Waals surface area contributed by atoms with Crippen molar-refractivity contribution in [2.75, 3.05) is 7.11 Å². The highest BCUT2D eigenvalue weighted by Crippen LogP contribution is 2.74. The number of carbonyl (C=O) groups excluding carboxylic acids is 2. The first-order valence-electron chi connectivity index (χ1n) is 14.8. The van der Waals surface area contributed by atoms with E-state index in [-0.39, 0.29) is 40.2 Å². The highest BCUT2D eigenvalue weighted by molar-refractivity contribution is 5.69. The SMILES string of the molecule is C=C(C)C(CCC(C)(O)C1CCC2(C)C1CCC1C(C)(CCC(=O)OC)C(C(=C)C)CCC12C)OC(C)=O. The average molecular weight is 531 g/mol. The molecule has 0 bridgehead atoms. The molecule has 216 valence electrons. The molecule has 9 unspecified atom stereocenters. The monoisotopic (exact) mass is 530 g/mol. The minimum atomic E-state index is -0.831. The first-order chi connectivity index (χ1) is 17.5. The van der Waals surface area contributed by atoms with Crippen molar-refractivity contribution in [3.05, 3.63) is 24.3 Å². The maximum Gasteiger partial charge on any atom is 0.305 e. The number of ether oxygens (including phenoxy) is 2. The summed E-state index contributed by atoms with van der Waals surface area (Å²) in [6, 6.07) is 0. The fraction of sp³-hybridized carbons (Fsp3) is 0.818. The molecular formula is C33H54O5. The van der Waals surface area contributed by atoms with Crippen molar-refractivity contribution in [3.63, 3.8) is 0 Å². The van der Waals surface area contributed by atoms with Crippen LogP contribution in [0.5, 0.6) is 0 Å². The van der Waals surface area contributed by atoms with Crippen LogP contribution < -0.4 is 0 Å². The zero-order chi connectivity index (χ0) is 28.7. The topological polar surface area (TPSA) is 72.8 Å². The molecule has 3 rings (SSSR count). The van der Waals surface area contributed by atoms with E-state index in [0.717, 1.165) is 50.5 Å². The standard InChI is InChI=1S/C33H54O5/c1-21(2)24-13-19-32(8)28(30(24,6)17-16-29(35)37-10)12-11-25-26(14-18-31(25,32)7)33(9,36)20-15-27(22(3)4)38-23(5)34/h24-28,36H,1,3,11-20H2,2,4-10H3. The molecule has 5 heteroatoms. The summed E-state index contributed by atoms with van der Waals surface area (Å²) in [5.41, 5.74) is 1.48. The van der Waals surface area contributed by atoms with E-state index >= 15 is 0 Å². The Bertz CT molecular complexity index is 936. The summed E-state index contributed by atoms with van der Waals surface area (Å²) in [5.74, 6) is 1.13. The van der Waals surface area contributed by atoms with Gasteiger partial charge in [0.15, 0.2) is 0 Å². The Morgan fingerprint density at radius 2 is 1.66 bits per heavy atom. The number of esters is 2. The van der Waals surface area contributed by atoms with Crippen molar-refractivity contribution in [2.45, 2.75) is 124 Å². The number of carbonyl (C=O) groups is 2. The van der Waals surface area contributed by atoms with Gasteiger partial charge in [-0.15, -0.1) is 0 Å². The number of rotatable bonds is 10. The Kier molecular flexibility index (Phi) is 9.03. The second kappa shape index (κ2) is 11.1. The second-order valence-electron chi connectivity index (χ2n) is 14.1. The van der Waals surface area contributed by atoms with Crippen LogP contribution in [0.2, 0.25) is 0 Å². The van der Waals surface area contributed by atoms with Crippen molar-refractivity contribution >= 4 is 11.9 Å². The second-order valence-corrected chi connectivity index (χ2v) is 14.1. The lowest BCUT2D eigenvalue weighted by atomic mass is 9.38. The molecule has 3 fully saturated rings. The summed E-state index contributed by atoms with van der Waals surface area (Å²) in [6.45, 7) is 23.3. The third kappa shape index (κ3) is 5.38. The van der Waals surface area contributed by atoms with E-state index < -0.39 is 5.60 Å². The van der Waals surface area contributed by atoms with Gasteiger partial charge in [0.05, 0.1) is 12.7 Å². The largest absolute Gasteiger partial charge is 0.469 e. The smallest absolute Gasteiger partial charge is 0.305 e. The molecule has 0 radical (unpaired) electrons. The maximum atomic E-state index is 12.2. The van der Waals surface area contributed by atoms with Gasteiger partial charge >= 0.3 is 11.9 Å². The van der Waals surface area contributed by atoms with Crippen molar-refractivity contribution < 1.29 is 24.2 Å². The van der Waals surface area contributed by atoms with E-state index in [0.29, 0.717) is 37.0 Å². The molecule has 0 amide bonds. The lowest BCUT2D eigenvalue weighted by Crippen LogP contribution is -2.60. The van der Waals surface area contributed by atoms with Gasteiger partial charge in [0.25, 0.3) is 0 Å². The van der Waals surface area contributed by atoms with Crippen LogP contribution in [-0.2, 0) is 19.1 Å². The van der Waals surface area contributed by atoms with Crippen LogP contribution in [0.4, 0.5) is 0 Å². The quantitative estimate of drug-likeness (QED) is 0.235. The molecule has 0 aromatic heterocycles. The van der Waals surface area contributed by atoms with Gasteiger partial charge in [-0.1, -0.05) is 39.5 Å². The molecule has 0 spiro atoms. The van der Waals surface area contributed by atoms with Crippen molar-refractivity contribution in [1.29, 1.82) is 0 Å². The zero-order valence-electron chi connectivity index (χ0n) is 25.5. The van der Waals surface area contributed by atoms with E-state index in [1.165, 1.54) is 19.6 Å². The maximum absolute atomic E-state index is 12.2. The molecule has 3 aliphatic rings. The minimum absolute atomic E-state index is 0.000343.